The van der Waals surface area contributed by atoms with Gasteiger partial charge in [0, 0.05) is 45.8 Å². The standard InChI is InChI=1S/C15H22N2O4/c1-11(19)21-15-3-2-12(10-14(15)20)13(4-9-18)17-7-5-16-6-8-17/h2-3,10,13,16,18,20H,4-9H2,1H3/t13-/m1/s1. The number of aliphatic hydroxyl groups is 1. The van der Waals surface area contributed by atoms with Crippen LogP contribution in [0.25, 0.3) is 0 Å². The van der Waals surface area contributed by atoms with Gasteiger partial charge in [-0.05, 0) is 24.1 Å². The third-order valence-corrected chi connectivity index (χ3v) is 3.62. The van der Waals surface area contributed by atoms with Crippen LogP contribution in [0.15, 0.2) is 18.2 Å². The average Bonchev–Trinajstić information content (AvgIpc) is 2.47. The maximum absolute atomic E-state index is 11.0. The molecule has 0 saturated carbocycles. The van der Waals surface area contributed by atoms with E-state index < -0.39 is 5.97 Å². The Bertz CT molecular complexity index is 487. The molecule has 1 saturated heterocycles. The number of ether oxygens (including phenoxy) is 1. The molecule has 0 amide bonds. The zero-order valence-electron chi connectivity index (χ0n) is 12.2. The minimum atomic E-state index is -0.466. The summed E-state index contributed by atoms with van der Waals surface area (Å²) < 4.78 is 4.92. The van der Waals surface area contributed by atoms with Crippen LogP contribution in [0.3, 0.4) is 0 Å². The Morgan fingerprint density at radius 1 is 1.43 bits per heavy atom. The highest BCUT2D eigenvalue weighted by Crippen LogP contribution is 2.32. The Kier molecular flexibility index (Phi) is 5.55. The summed E-state index contributed by atoms with van der Waals surface area (Å²) in [7, 11) is 0. The van der Waals surface area contributed by atoms with Crippen molar-refractivity contribution in [2.75, 3.05) is 32.8 Å². The second-order valence-corrected chi connectivity index (χ2v) is 5.13. The molecule has 1 fully saturated rings. The normalized spacial score (nSPS) is 17.4. The number of esters is 1. The van der Waals surface area contributed by atoms with Crippen molar-refractivity contribution in [3.8, 4) is 11.5 Å². The molecule has 0 spiro atoms. The number of hydrogen-bond acceptors (Lipinski definition) is 6. The monoisotopic (exact) mass is 294 g/mol. The molecule has 116 valence electrons. The van der Waals surface area contributed by atoms with Gasteiger partial charge in [0.15, 0.2) is 11.5 Å². The first-order valence-corrected chi connectivity index (χ1v) is 7.18. The number of hydrogen-bond donors (Lipinski definition) is 3. The highest BCUT2D eigenvalue weighted by molar-refractivity contribution is 5.70. The van der Waals surface area contributed by atoms with Gasteiger partial charge >= 0.3 is 5.97 Å². The molecular weight excluding hydrogens is 272 g/mol. The van der Waals surface area contributed by atoms with Gasteiger partial charge in [0.05, 0.1) is 0 Å². The van der Waals surface area contributed by atoms with Crippen molar-refractivity contribution >= 4 is 5.97 Å². The van der Waals surface area contributed by atoms with Crippen LogP contribution in [-0.4, -0.2) is 53.9 Å². The number of carbonyl (C=O) groups excluding carboxylic acids is 1. The molecule has 0 aliphatic carbocycles. The van der Waals surface area contributed by atoms with Crippen LogP contribution in [0.2, 0.25) is 0 Å². The lowest BCUT2D eigenvalue weighted by Gasteiger charge is -2.35. The highest BCUT2D eigenvalue weighted by Gasteiger charge is 2.22. The van der Waals surface area contributed by atoms with E-state index >= 15 is 0 Å². The second kappa shape index (κ2) is 7.40. The predicted octanol–water partition coefficient (Wildman–Crippen LogP) is 0.646. The van der Waals surface area contributed by atoms with Crippen molar-refractivity contribution in [3.63, 3.8) is 0 Å². The molecule has 0 radical (unpaired) electrons. The molecule has 6 heteroatoms. The predicted molar refractivity (Wildman–Crippen MR) is 78.3 cm³/mol. The molecule has 1 heterocycles. The molecule has 6 nitrogen and oxygen atoms in total. The first-order chi connectivity index (χ1) is 10.1. The zero-order valence-corrected chi connectivity index (χ0v) is 12.2. The van der Waals surface area contributed by atoms with Gasteiger partial charge in [-0.15, -0.1) is 0 Å². The van der Waals surface area contributed by atoms with Crippen LogP contribution in [0, 0.1) is 0 Å². The molecule has 0 bridgehead atoms. The molecule has 0 unspecified atom stereocenters. The number of phenolic OH excluding ortho intramolecular Hbond substituents is 1. The lowest BCUT2D eigenvalue weighted by molar-refractivity contribution is -0.132. The quantitative estimate of drug-likeness (QED) is 0.546. The van der Waals surface area contributed by atoms with Crippen molar-refractivity contribution < 1.29 is 19.7 Å². The van der Waals surface area contributed by atoms with Crippen molar-refractivity contribution in [1.29, 1.82) is 0 Å². The average molecular weight is 294 g/mol. The molecule has 1 aromatic rings. The summed E-state index contributed by atoms with van der Waals surface area (Å²) in [6, 6.07) is 5.09. The fraction of sp³-hybridized carbons (Fsp3) is 0.533. The van der Waals surface area contributed by atoms with Gasteiger partial charge in [0.25, 0.3) is 0 Å². The third-order valence-electron chi connectivity index (χ3n) is 3.62. The largest absolute Gasteiger partial charge is 0.504 e. The first-order valence-electron chi connectivity index (χ1n) is 7.18. The van der Waals surface area contributed by atoms with E-state index in [0.717, 1.165) is 31.7 Å². The van der Waals surface area contributed by atoms with E-state index in [1.54, 1.807) is 12.1 Å². The van der Waals surface area contributed by atoms with E-state index in [1.165, 1.54) is 6.92 Å². The fourth-order valence-corrected chi connectivity index (χ4v) is 2.66. The molecule has 1 aromatic carbocycles. The van der Waals surface area contributed by atoms with Gasteiger partial charge in [0.2, 0.25) is 0 Å². The summed E-state index contributed by atoms with van der Waals surface area (Å²) in [4.78, 5) is 13.2. The number of carbonyl (C=O) groups is 1. The molecular formula is C15H22N2O4. The van der Waals surface area contributed by atoms with Crippen molar-refractivity contribution in [2.45, 2.75) is 19.4 Å². The minimum absolute atomic E-state index is 0.0504. The van der Waals surface area contributed by atoms with Crippen LogP contribution in [-0.2, 0) is 4.79 Å². The Morgan fingerprint density at radius 3 is 2.71 bits per heavy atom. The fourth-order valence-electron chi connectivity index (χ4n) is 2.66. The Balaban J connectivity index is 2.19. The van der Waals surface area contributed by atoms with E-state index in [4.69, 9.17) is 4.74 Å². The van der Waals surface area contributed by atoms with Crippen LogP contribution >= 0.6 is 0 Å². The molecule has 1 aliphatic heterocycles. The van der Waals surface area contributed by atoms with Crippen molar-refractivity contribution in [2.24, 2.45) is 0 Å². The molecule has 3 N–H and O–H groups in total. The third kappa shape index (κ3) is 4.17. The summed E-state index contributed by atoms with van der Waals surface area (Å²) in [5, 5.41) is 22.6. The van der Waals surface area contributed by atoms with E-state index in [0.29, 0.717) is 6.42 Å². The molecule has 0 aromatic heterocycles. The highest BCUT2D eigenvalue weighted by atomic mass is 16.5. The van der Waals surface area contributed by atoms with Crippen LogP contribution in [0.4, 0.5) is 0 Å². The maximum Gasteiger partial charge on any atom is 0.308 e. The van der Waals surface area contributed by atoms with Crippen molar-refractivity contribution in [3.05, 3.63) is 23.8 Å². The van der Waals surface area contributed by atoms with Gasteiger partial charge in [-0.25, -0.2) is 0 Å². The lowest BCUT2D eigenvalue weighted by Crippen LogP contribution is -2.45. The second-order valence-electron chi connectivity index (χ2n) is 5.13. The minimum Gasteiger partial charge on any atom is -0.504 e. The number of rotatable bonds is 5. The smallest absolute Gasteiger partial charge is 0.308 e. The van der Waals surface area contributed by atoms with Gasteiger partial charge < -0.3 is 20.3 Å². The van der Waals surface area contributed by atoms with E-state index in [2.05, 4.69) is 10.2 Å². The van der Waals surface area contributed by atoms with Gasteiger partial charge in [-0.3, -0.25) is 9.69 Å². The number of piperazine rings is 1. The summed E-state index contributed by atoms with van der Waals surface area (Å²) >= 11 is 0. The Labute approximate surface area is 124 Å². The number of aromatic hydroxyl groups is 1. The van der Waals surface area contributed by atoms with Gasteiger partial charge in [-0.2, -0.15) is 0 Å². The Hall–Kier alpha value is -1.63. The van der Waals surface area contributed by atoms with Crippen LogP contribution in [0.5, 0.6) is 11.5 Å². The molecule has 2 rings (SSSR count). The lowest BCUT2D eigenvalue weighted by atomic mass is 10.0. The molecule has 21 heavy (non-hydrogen) atoms. The topological polar surface area (TPSA) is 82.0 Å². The van der Waals surface area contributed by atoms with E-state index in [9.17, 15) is 15.0 Å². The molecule has 1 atom stereocenters. The number of phenols is 1. The maximum atomic E-state index is 11.0. The summed E-state index contributed by atoms with van der Waals surface area (Å²) in [5.74, 6) is -0.359. The summed E-state index contributed by atoms with van der Waals surface area (Å²) in [6.07, 6.45) is 0.604. The zero-order chi connectivity index (χ0) is 15.2. The molecule has 1 aliphatic rings. The van der Waals surface area contributed by atoms with E-state index in [1.807, 2.05) is 6.07 Å². The number of nitrogens with one attached hydrogen (secondary N) is 1. The summed E-state index contributed by atoms with van der Waals surface area (Å²) in [5.41, 5.74) is 0.916. The van der Waals surface area contributed by atoms with E-state index in [-0.39, 0.29) is 24.1 Å². The van der Waals surface area contributed by atoms with Crippen LogP contribution in [0.1, 0.15) is 24.9 Å². The van der Waals surface area contributed by atoms with Crippen molar-refractivity contribution in [1.82, 2.24) is 10.2 Å². The van der Waals surface area contributed by atoms with Gasteiger partial charge in [0.1, 0.15) is 0 Å². The first kappa shape index (κ1) is 15.8. The number of aliphatic hydroxyl groups excluding tert-OH is 1. The summed E-state index contributed by atoms with van der Waals surface area (Å²) in [6.45, 7) is 5.01. The van der Waals surface area contributed by atoms with Crippen LogP contribution < -0.4 is 10.1 Å². The number of nitrogens with zero attached hydrogens (tertiary/aromatic N) is 1. The number of benzene rings is 1. The Morgan fingerprint density at radius 2 is 2.14 bits per heavy atom. The SMILES string of the molecule is CC(=O)Oc1ccc([C@@H](CCO)N2CCNCC2)cc1O. The van der Waals surface area contributed by atoms with Gasteiger partial charge in [-0.1, -0.05) is 6.07 Å².